The monoisotopic (exact) mass is 475 g/mol. The van der Waals surface area contributed by atoms with Gasteiger partial charge in [-0.3, -0.25) is 9.88 Å². The van der Waals surface area contributed by atoms with Gasteiger partial charge in [-0.25, -0.2) is 0 Å². The minimum Gasteiger partial charge on any atom is -0.379 e. The van der Waals surface area contributed by atoms with Crippen molar-refractivity contribution in [3.8, 4) is 5.69 Å². The number of thiocarbonyl (C=S) groups is 1. The highest BCUT2D eigenvalue weighted by Gasteiger charge is 2.41. The summed E-state index contributed by atoms with van der Waals surface area (Å²) in [5, 5.41) is 4.41. The third-order valence-corrected chi connectivity index (χ3v) is 7.46. The van der Waals surface area contributed by atoms with Crippen LogP contribution in [0.3, 0.4) is 0 Å². The van der Waals surface area contributed by atoms with Crippen LogP contribution in [0.25, 0.3) is 5.69 Å². The zero-order valence-electron chi connectivity index (χ0n) is 20.2. The van der Waals surface area contributed by atoms with Gasteiger partial charge >= 0.3 is 0 Å². The maximum absolute atomic E-state index is 5.90. The van der Waals surface area contributed by atoms with Gasteiger partial charge in [0.1, 0.15) is 0 Å². The van der Waals surface area contributed by atoms with Gasteiger partial charge in [-0.1, -0.05) is 24.3 Å². The Hall–Kier alpha value is -2.74. The van der Waals surface area contributed by atoms with Crippen LogP contribution in [0.2, 0.25) is 0 Å². The predicted octanol–water partition coefficient (Wildman–Crippen LogP) is 4.10. The number of ether oxygens (including phenoxy) is 1. The van der Waals surface area contributed by atoms with Gasteiger partial charge in [0.2, 0.25) is 0 Å². The number of hydrogen-bond donors (Lipinski definition) is 1. The van der Waals surface area contributed by atoms with E-state index in [-0.39, 0.29) is 12.1 Å². The van der Waals surface area contributed by atoms with Gasteiger partial charge in [0.15, 0.2) is 5.11 Å². The second kappa shape index (κ2) is 9.86. The number of benzene rings is 1. The first-order valence-corrected chi connectivity index (χ1v) is 12.5. The molecule has 4 heterocycles. The lowest BCUT2D eigenvalue weighted by molar-refractivity contribution is 0.0350. The van der Waals surface area contributed by atoms with Gasteiger partial charge in [0.25, 0.3) is 0 Å². The van der Waals surface area contributed by atoms with E-state index in [2.05, 4.69) is 82.9 Å². The lowest BCUT2D eigenvalue weighted by atomic mass is 9.96. The lowest BCUT2D eigenvalue weighted by Crippen LogP contribution is -2.42. The maximum Gasteiger partial charge on any atom is 0.170 e. The van der Waals surface area contributed by atoms with Crippen LogP contribution in [0, 0.1) is 20.8 Å². The molecule has 0 radical (unpaired) electrons. The summed E-state index contributed by atoms with van der Waals surface area (Å²) in [6.07, 6.45) is 1.87. The molecule has 1 aromatic carbocycles. The molecule has 6 nitrogen and oxygen atoms in total. The average molecular weight is 476 g/mol. The van der Waals surface area contributed by atoms with Gasteiger partial charge in [0.05, 0.1) is 31.0 Å². The molecular weight excluding hydrogens is 442 g/mol. The highest BCUT2D eigenvalue weighted by atomic mass is 32.1. The number of hydrogen-bond acceptors (Lipinski definition) is 4. The molecule has 0 amide bonds. The van der Waals surface area contributed by atoms with Crippen molar-refractivity contribution in [2.75, 3.05) is 39.4 Å². The van der Waals surface area contributed by atoms with Crippen molar-refractivity contribution in [3.63, 3.8) is 0 Å². The molecule has 3 aromatic rings. The number of para-hydroxylation sites is 1. The smallest absolute Gasteiger partial charge is 0.170 e. The van der Waals surface area contributed by atoms with E-state index in [9.17, 15) is 0 Å². The van der Waals surface area contributed by atoms with Crippen molar-refractivity contribution in [3.05, 3.63) is 82.9 Å². The van der Waals surface area contributed by atoms with E-state index in [1.165, 1.54) is 28.2 Å². The van der Waals surface area contributed by atoms with Crippen LogP contribution < -0.4 is 5.32 Å². The largest absolute Gasteiger partial charge is 0.379 e. The van der Waals surface area contributed by atoms with E-state index >= 15 is 0 Å². The molecule has 5 rings (SSSR count). The minimum absolute atomic E-state index is 0.00390. The molecule has 0 aliphatic carbocycles. The van der Waals surface area contributed by atoms with Crippen LogP contribution in [0.1, 0.15) is 40.3 Å². The molecule has 1 N–H and O–H groups in total. The fraction of sp³-hybridized carbons (Fsp3) is 0.407. The summed E-state index contributed by atoms with van der Waals surface area (Å²) in [6.45, 7) is 12.0. The summed E-state index contributed by atoms with van der Waals surface area (Å²) >= 11 is 5.90. The summed E-state index contributed by atoms with van der Waals surface area (Å²) in [5.41, 5.74) is 7.29. The number of aryl methyl sites for hydroxylation is 2. The molecule has 2 aliphatic heterocycles. The molecule has 2 saturated heterocycles. The molecule has 2 aliphatic rings. The summed E-state index contributed by atoms with van der Waals surface area (Å²) < 4.78 is 7.91. The molecular formula is C27H33N5OS. The maximum atomic E-state index is 5.90. The third-order valence-electron chi connectivity index (χ3n) is 7.10. The quantitative estimate of drug-likeness (QED) is 0.542. The Morgan fingerprint density at radius 2 is 1.79 bits per heavy atom. The van der Waals surface area contributed by atoms with Gasteiger partial charge in [-0.15, -0.1) is 0 Å². The summed E-state index contributed by atoms with van der Waals surface area (Å²) in [4.78, 5) is 9.54. The zero-order chi connectivity index (χ0) is 23.7. The first-order chi connectivity index (χ1) is 16.5. The molecule has 0 bridgehead atoms. The normalized spacial score (nSPS) is 21.1. The standard InChI is InChI=1S/C27H33N5OS/c1-19-8-4-5-10-24(19)32-20(2)18-22(21(32)3)26-25(23-9-6-7-11-28-23)29-27(34)31(26)13-12-30-14-16-33-17-15-30/h4-11,18,25-26H,12-17H2,1-3H3,(H,29,34)/t25-,26-/m1/s1. The summed E-state index contributed by atoms with van der Waals surface area (Å²) in [7, 11) is 0. The summed E-state index contributed by atoms with van der Waals surface area (Å²) in [5.74, 6) is 0. The second-order valence-corrected chi connectivity index (χ2v) is 9.61. The van der Waals surface area contributed by atoms with Gasteiger partial charge < -0.3 is 19.5 Å². The Balaban J connectivity index is 1.53. The fourth-order valence-electron chi connectivity index (χ4n) is 5.33. The van der Waals surface area contributed by atoms with Crippen LogP contribution in [-0.2, 0) is 4.74 Å². The van der Waals surface area contributed by atoms with E-state index in [1.54, 1.807) is 0 Å². The van der Waals surface area contributed by atoms with Crippen molar-refractivity contribution in [2.24, 2.45) is 0 Å². The zero-order valence-corrected chi connectivity index (χ0v) is 21.0. The third kappa shape index (κ3) is 4.35. The van der Waals surface area contributed by atoms with E-state index in [4.69, 9.17) is 21.9 Å². The van der Waals surface area contributed by atoms with Crippen LogP contribution in [-0.4, -0.2) is 63.9 Å². The number of morpholine rings is 1. The molecule has 2 fully saturated rings. The fourth-order valence-corrected chi connectivity index (χ4v) is 5.66. The van der Waals surface area contributed by atoms with E-state index < -0.39 is 0 Å². The second-order valence-electron chi connectivity index (χ2n) is 9.22. The molecule has 0 unspecified atom stereocenters. The predicted molar refractivity (Wildman–Crippen MR) is 139 cm³/mol. The topological polar surface area (TPSA) is 45.6 Å². The Bertz CT molecular complexity index is 1160. The Morgan fingerprint density at radius 1 is 1.03 bits per heavy atom. The SMILES string of the molecule is Cc1ccccc1-n1c(C)cc([C@@H]2[C@@H](c3ccccn3)NC(=S)N2CCN2CCOCC2)c1C. The lowest BCUT2D eigenvalue weighted by Gasteiger charge is -2.32. The van der Waals surface area contributed by atoms with E-state index in [0.29, 0.717) is 0 Å². The number of nitrogens with one attached hydrogen (secondary N) is 1. The number of aromatic nitrogens is 2. The Morgan fingerprint density at radius 3 is 2.53 bits per heavy atom. The molecule has 2 atom stereocenters. The van der Waals surface area contributed by atoms with Crippen molar-refractivity contribution in [1.29, 1.82) is 0 Å². The molecule has 34 heavy (non-hydrogen) atoms. The highest BCUT2D eigenvalue weighted by Crippen LogP contribution is 2.41. The van der Waals surface area contributed by atoms with Crippen LogP contribution >= 0.6 is 12.2 Å². The van der Waals surface area contributed by atoms with E-state index in [1.807, 2.05) is 12.3 Å². The van der Waals surface area contributed by atoms with Gasteiger partial charge in [-0.2, -0.15) is 0 Å². The van der Waals surface area contributed by atoms with Crippen molar-refractivity contribution >= 4 is 17.3 Å². The first kappa shape index (κ1) is 23.0. The van der Waals surface area contributed by atoms with Crippen molar-refractivity contribution < 1.29 is 4.74 Å². The minimum atomic E-state index is 0.00390. The number of rotatable bonds is 6. The highest BCUT2D eigenvalue weighted by molar-refractivity contribution is 7.80. The molecule has 0 spiro atoms. The van der Waals surface area contributed by atoms with E-state index in [0.717, 1.165) is 50.2 Å². The van der Waals surface area contributed by atoms with Crippen LogP contribution in [0.15, 0.2) is 54.7 Å². The van der Waals surface area contributed by atoms with Gasteiger partial charge in [-0.05, 0) is 68.4 Å². The summed E-state index contributed by atoms with van der Waals surface area (Å²) in [6, 6.07) is 17.1. The molecule has 2 aromatic heterocycles. The Kier molecular flexibility index (Phi) is 6.68. The van der Waals surface area contributed by atoms with Gasteiger partial charge in [0, 0.05) is 49.5 Å². The molecule has 0 saturated carbocycles. The number of nitrogens with zero attached hydrogens (tertiary/aromatic N) is 4. The van der Waals surface area contributed by atoms with Crippen molar-refractivity contribution in [2.45, 2.75) is 32.9 Å². The molecule has 178 valence electrons. The van der Waals surface area contributed by atoms with Crippen molar-refractivity contribution in [1.82, 2.24) is 24.7 Å². The average Bonchev–Trinajstić information content (AvgIpc) is 3.34. The number of pyridine rings is 1. The van der Waals surface area contributed by atoms with Crippen LogP contribution in [0.4, 0.5) is 0 Å². The Labute approximate surface area is 207 Å². The first-order valence-electron chi connectivity index (χ1n) is 12.1. The van der Waals surface area contributed by atoms with Crippen LogP contribution in [0.5, 0.6) is 0 Å². The molecule has 7 heteroatoms.